The van der Waals surface area contributed by atoms with Crippen molar-refractivity contribution in [1.29, 1.82) is 0 Å². The summed E-state index contributed by atoms with van der Waals surface area (Å²) in [5, 5.41) is 8.42. The summed E-state index contributed by atoms with van der Waals surface area (Å²) in [6.45, 7) is 4.72. The molecule has 0 aliphatic rings. The van der Waals surface area contributed by atoms with Gasteiger partial charge in [0.05, 0.1) is 17.1 Å². The van der Waals surface area contributed by atoms with E-state index in [2.05, 4.69) is 34.5 Å². The van der Waals surface area contributed by atoms with E-state index in [0.717, 1.165) is 16.5 Å². The first kappa shape index (κ1) is 13.6. The van der Waals surface area contributed by atoms with Gasteiger partial charge in [-0.15, -0.1) is 11.3 Å². The van der Waals surface area contributed by atoms with Gasteiger partial charge in [0, 0.05) is 13.1 Å². The fourth-order valence-corrected chi connectivity index (χ4v) is 2.20. The van der Waals surface area contributed by atoms with Crippen molar-refractivity contribution >= 4 is 17.3 Å². The van der Waals surface area contributed by atoms with Crippen LogP contribution in [-0.2, 0) is 6.54 Å². The summed E-state index contributed by atoms with van der Waals surface area (Å²) >= 11 is 1.61. The molecule has 2 aromatic rings. The average molecular weight is 278 g/mol. The number of thiophene rings is 1. The van der Waals surface area contributed by atoms with Gasteiger partial charge < -0.3 is 15.1 Å². The molecule has 0 unspecified atom stereocenters. The van der Waals surface area contributed by atoms with E-state index in [9.17, 15) is 0 Å². The third-order valence-corrected chi connectivity index (χ3v) is 3.23. The van der Waals surface area contributed by atoms with Crippen LogP contribution >= 0.6 is 11.3 Å². The van der Waals surface area contributed by atoms with Gasteiger partial charge in [0.15, 0.2) is 5.96 Å². The maximum atomic E-state index is 5.46. The quantitative estimate of drug-likeness (QED) is 0.666. The smallest absolute Gasteiger partial charge is 0.236 e. The number of nitrogens with zero attached hydrogens (tertiary/aromatic N) is 2. The molecule has 0 aliphatic heterocycles. The maximum absolute atomic E-state index is 5.46. The molecule has 0 fully saturated rings. The van der Waals surface area contributed by atoms with Crippen molar-refractivity contribution in [3.8, 4) is 10.8 Å². The second kappa shape index (κ2) is 6.38. The predicted molar refractivity (Wildman–Crippen MR) is 78.3 cm³/mol. The first-order valence-corrected chi connectivity index (χ1v) is 7.02. The molecular weight excluding hydrogens is 260 g/mol. The number of aromatic nitrogens is 1. The van der Waals surface area contributed by atoms with Crippen molar-refractivity contribution in [3.05, 3.63) is 29.5 Å². The van der Waals surface area contributed by atoms with Gasteiger partial charge in [0.1, 0.15) is 6.26 Å². The van der Waals surface area contributed by atoms with E-state index >= 15 is 0 Å². The Bertz CT molecular complexity index is 531. The molecule has 0 radical (unpaired) electrons. The Balaban J connectivity index is 1.93. The van der Waals surface area contributed by atoms with E-state index in [-0.39, 0.29) is 0 Å². The van der Waals surface area contributed by atoms with Crippen LogP contribution < -0.4 is 10.6 Å². The molecule has 0 aromatic carbocycles. The van der Waals surface area contributed by atoms with Gasteiger partial charge in [0.25, 0.3) is 0 Å². The molecular formula is C13H18N4OS. The number of rotatable bonds is 4. The molecule has 0 bridgehead atoms. The number of hydrogen-bond donors (Lipinski definition) is 2. The zero-order chi connectivity index (χ0) is 13.7. The minimum atomic E-state index is 0.338. The van der Waals surface area contributed by atoms with E-state index in [1.807, 2.05) is 17.5 Å². The Hall–Kier alpha value is -1.82. The zero-order valence-corrected chi connectivity index (χ0v) is 12.1. The molecule has 0 atom stereocenters. The summed E-state index contributed by atoms with van der Waals surface area (Å²) in [4.78, 5) is 9.61. The Morgan fingerprint density at radius 2 is 2.37 bits per heavy atom. The predicted octanol–water partition coefficient (Wildman–Crippen LogP) is 2.48. The van der Waals surface area contributed by atoms with Crippen molar-refractivity contribution < 1.29 is 4.42 Å². The van der Waals surface area contributed by atoms with Crippen LogP contribution in [0.3, 0.4) is 0 Å². The number of oxazole rings is 1. The molecule has 0 amide bonds. The normalized spacial score (nSPS) is 11.9. The molecule has 0 saturated carbocycles. The van der Waals surface area contributed by atoms with Crippen LogP contribution in [0.5, 0.6) is 0 Å². The Morgan fingerprint density at radius 1 is 1.53 bits per heavy atom. The van der Waals surface area contributed by atoms with E-state index in [0.29, 0.717) is 18.5 Å². The van der Waals surface area contributed by atoms with Gasteiger partial charge >= 0.3 is 0 Å². The number of guanidine groups is 1. The summed E-state index contributed by atoms with van der Waals surface area (Å²) in [5.74, 6) is 1.43. The SMILES string of the molecule is CN=C(NCc1coc(-c2cccs2)n1)NC(C)C. The van der Waals surface area contributed by atoms with Gasteiger partial charge in [-0.2, -0.15) is 0 Å². The fraction of sp³-hybridized carbons (Fsp3) is 0.385. The Labute approximate surface area is 116 Å². The average Bonchev–Trinajstić information content (AvgIpc) is 3.03. The van der Waals surface area contributed by atoms with Crippen molar-refractivity contribution in [2.45, 2.75) is 26.4 Å². The second-order valence-electron chi connectivity index (χ2n) is 4.35. The lowest BCUT2D eigenvalue weighted by atomic mass is 10.4. The van der Waals surface area contributed by atoms with Crippen LogP contribution in [0.1, 0.15) is 19.5 Å². The molecule has 19 heavy (non-hydrogen) atoms. The first-order valence-electron chi connectivity index (χ1n) is 6.14. The molecule has 2 N–H and O–H groups in total. The second-order valence-corrected chi connectivity index (χ2v) is 5.29. The van der Waals surface area contributed by atoms with Crippen LogP contribution in [0.4, 0.5) is 0 Å². The molecule has 0 spiro atoms. The Morgan fingerprint density at radius 3 is 3.00 bits per heavy atom. The lowest BCUT2D eigenvalue weighted by Gasteiger charge is -2.13. The Kier molecular flexibility index (Phi) is 4.57. The summed E-state index contributed by atoms with van der Waals surface area (Å²) in [7, 11) is 1.75. The van der Waals surface area contributed by atoms with Gasteiger partial charge in [0.2, 0.25) is 5.89 Å². The largest absolute Gasteiger partial charge is 0.443 e. The van der Waals surface area contributed by atoms with Crippen molar-refractivity contribution in [2.75, 3.05) is 7.05 Å². The van der Waals surface area contributed by atoms with Crippen molar-refractivity contribution in [3.63, 3.8) is 0 Å². The maximum Gasteiger partial charge on any atom is 0.236 e. The minimum Gasteiger partial charge on any atom is -0.443 e. The monoisotopic (exact) mass is 278 g/mol. The standard InChI is InChI=1S/C13H18N4OS/c1-9(2)16-13(14-3)15-7-10-8-18-12(17-10)11-5-4-6-19-11/h4-6,8-9H,7H2,1-3H3,(H2,14,15,16). The first-order chi connectivity index (χ1) is 9.19. The molecule has 2 rings (SSSR count). The number of aliphatic imine (C=N–C) groups is 1. The summed E-state index contributed by atoms with van der Waals surface area (Å²) in [5.41, 5.74) is 0.857. The van der Waals surface area contributed by atoms with Crippen LogP contribution in [0.25, 0.3) is 10.8 Å². The van der Waals surface area contributed by atoms with Crippen LogP contribution in [-0.4, -0.2) is 24.0 Å². The van der Waals surface area contributed by atoms with E-state index < -0.39 is 0 Å². The van der Waals surface area contributed by atoms with E-state index in [4.69, 9.17) is 4.42 Å². The van der Waals surface area contributed by atoms with Gasteiger partial charge in [-0.3, -0.25) is 4.99 Å². The minimum absolute atomic E-state index is 0.338. The molecule has 0 saturated heterocycles. The van der Waals surface area contributed by atoms with E-state index in [1.165, 1.54) is 0 Å². The van der Waals surface area contributed by atoms with E-state index in [1.54, 1.807) is 24.6 Å². The summed E-state index contributed by atoms with van der Waals surface area (Å²) in [6.07, 6.45) is 1.67. The van der Waals surface area contributed by atoms with Crippen LogP contribution in [0.15, 0.2) is 33.2 Å². The van der Waals surface area contributed by atoms with Crippen LogP contribution in [0.2, 0.25) is 0 Å². The highest BCUT2D eigenvalue weighted by atomic mass is 32.1. The lowest BCUT2D eigenvalue weighted by Crippen LogP contribution is -2.40. The van der Waals surface area contributed by atoms with Gasteiger partial charge in [-0.25, -0.2) is 4.98 Å². The molecule has 102 valence electrons. The third-order valence-electron chi connectivity index (χ3n) is 2.37. The molecule has 0 aliphatic carbocycles. The van der Waals surface area contributed by atoms with Gasteiger partial charge in [-0.1, -0.05) is 6.07 Å². The summed E-state index contributed by atoms with van der Waals surface area (Å²) < 4.78 is 5.46. The molecule has 2 aromatic heterocycles. The number of nitrogens with one attached hydrogen (secondary N) is 2. The molecule has 2 heterocycles. The fourth-order valence-electron chi connectivity index (χ4n) is 1.54. The number of hydrogen-bond acceptors (Lipinski definition) is 4. The van der Waals surface area contributed by atoms with Crippen molar-refractivity contribution in [2.24, 2.45) is 4.99 Å². The molecule has 6 heteroatoms. The highest BCUT2D eigenvalue weighted by molar-refractivity contribution is 7.13. The third kappa shape index (κ3) is 3.82. The highest BCUT2D eigenvalue weighted by Crippen LogP contribution is 2.23. The van der Waals surface area contributed by atoms with Crippen molar-refractivity contribution in [1.82, 2.24) is 15.6 Å². The lowest BCUT2D eigenvalue weighted by molar-refractivity contribution is 0.573. The summed E-state index contributed by atoms with van der Waals surface area (Å²) in [6, 6.07) is 4.31. The zero-order valence-electron chi connectivity index (χ0n) is 11.3. The topological polar surface area (TPSA) is 62.5 Å². The molecule has 5 nitrogen and oxygen atoms in total. The van der Waals surface area contributed by atoms with Gasteiger partial charge in [-0.05, 0) is 25.3 Å². The van der Waals surface area contributed by atoms with Crippen LogP contribution in [0, 0.1) is 0 Å². The highest BCUT2D eigenvalue weighted by Gasteiger charge is 2.08.